The van der Waals surface area contributed by atoms with Crippen LogP contribution in [0, 0.1) is 5.82 Å². The van der Waals surface area contributed by atoms with Crippen molar-refractivity contribution in [2.45, 2.75) is 6.54 Å². The number of carbonyl (C=O) groups is 1. The van der Waals surface area contributed by atoms with E-state index in [0.717, 1.165) is 4.88 Å². The molecule has 4 aromatic rings. The second-order valence-corrected chi connectivity index (χ2v) is 6.65. The van der Waals surface area contributed by atoms with Crippen molar-refractivity contribution in [1.29, 1.82) is 0 Å². The van der Waals surface area contributed by atoms with Crippen LogP contribution in [0.4, 0.5) is 4.39 Å². The van der Waals surface area contributed by atoms with Crippen molar-refractivity contribution in [1.82, 2.24) is 19.7 Å². The molecular formula is C19H15FN4OS. The molecule has 0 aliphatic heterocycles. The molecule has 1 aromatic carbocycles. The van der Waals surface area contributed by atoms with Gasteiger partial charge in [0.2, 0.25) is 0 Å². The Hall–Kier alpha value is -3.19. The van der Waals surface area contributed by atoms with Crippen LogP contribution in [0.1, 0.15) is 15.2 Å². The van der Waals surface area contributed by atoms with E-state index in [1.165, 1.54) is 18.3 Å². The fourth-order valence-corrected chi connectivity index (χ4v) is 3.32. The van der Waals surface area contributed by atoms with Gasteiger partial charge in [-0.2, -0.15) is 5.10 Å². The van der Waals surface area contributed by atoms with E-state index in [-0.39, 0.29) is 11.7 Å². The minimum absolute atomic E-state index is 0.213. The third kappa shape index (κ3) is 3.16. The number of rotatable bonds is 5. The quantitative estimate of drug-likeness (QED) is 0.584. The zero-order chi connectivity index (χ0) is 17.9. The highest BCUT2D eigenvalue weighted by Crippen LogP contribution is 2.20. The van der Waals surface area contributed by atoms with E-state index in [4.69, 9.17) is 0 Å². The molecule has 3 aromatic heterocycles. The van der Waals surface area contributed by atoms with Crippen LogP contribution in [-0.4, -0.2) is 20.3 Å². The first-order valence-electron chi connectivity index (χ1n) is 8.00. The lowest BCUT2D eigenvalue weighted by atomic mass is 10.2. The molecule has 0 fully saturated rings. The van der Waals surface area contributed by atoms with Crippen LogP contribution >= 0.6 is 11.3 Å². The average Bonchev–Trinajstić information content (AvgIpc) is 3.40. The molecule has 4 rings (SSSR count). The van der Waals surface area contributed by atoms with Crippen molar-refractivity contribution in [2.24, 2.45) is 0 Å². The topological polar surface area (TPSA) is 51.9 Å². The number of nitrogens with one attached hydrogen (secondary N) is 1. The van der Waals surface area contributed by atoms with Crippen molar-refractivity contribution >= 4 is 17.2 Å². The van der Waals surface area contributed by atoms with Crippen LogP contribution in [0.15, 0.2) is 72.5 Å². The third-order valence-corrected chi connectivity index (χ3v) is 4.79. The zero-order valence-electron chi connectivity index (χ0n) is 13.7. The zero-order valence-corrected chi connectivity index (χ0v) is 14.5. The maximum atomic E-state index is 13.2. The Bertz CT molecular complexity index is 1000. The van der Waals surface area contributed by atoms with Gasteiger partial charge in [-0.1, -0.05) is 6.07 Å². The number of hydrogen-bond donors (Lipinski definition) is 1. The number of amides is 1. The van der Waals surface area contributed by atoms with E-state index in [2.05, 4.69) is 10.4 Å². The first kappa shape index (κ1) is 16.3. The van der Waals surface area contributed by atoms with Crippen LogP contribution in [-0.2, 0) is 6.54 Å². The minimum Gasteiger partial charge on any atom is -0.347 e. The highest BCUT2D eigenvalue weighted by Gasteiger charge is 2.19. The molecule has 0 aliphatic rings. The van der Waals surface area contributed by atoms with E-state index < -0.39 is 0 Å². The van der Waals surface area contributed by atoms with Crippen molar-refractivity contribution in [3.05, 3.63) is 88.8 Å². The van der Waals surface area contributed by atoms with Crippen LogP contribution in [0.3, 0.4) is 0 Å². The number of thiophene rings is 1. The minimum atomic E-state index is -0.322. The number of benzene rings is 1. The van der Waals surface area contributed by atoms with Gasteiger partial charge in [-0.05, 0) is 47.8 Å². The molecule has 130 valence electrons. The molecule has 3 heterocycles. The van der Waals surface area contributed by atoms with Gasteiger partial charge < -0.3 is 9.88 Å². The van der Waals surface area contributed by atoms with E-state index in [1.54, 1.807) is 28.2 Å². The van der Waals surface area contributed by atoms with Gasteiger partial charge in [-0.15, -0.1) is 11.3 Å². The second-order valence-electron chi connectivity index (χ2n) is 5.62. The monoisotopic (exact) mass is 366 g/mol. The highest BCUT2D eigenvalue weighted by molar-refractivity contribution is 7.09. The Kier molecular flexibility index (Phi) is 4.37. The van der Waals surface area contributed by atoms with Gasteiger partial charge in [0.1, 0.15) is 11.4 Å². The van der Waals surface area contributed by atoms with Gasteiger partial charge in [0.05, 0.1) is 18.4 Å². The Morgan fingerprint density at radius 2 is 1.88 bits per heavy atom. The van der Waals surface area contributed by atoms with E-state index in [1.807, 2.05) is 46.6 Å². The van der Waals surface area contributed by atoms with E-state index in [0.29, 0.717) is 23.6 Å². The molecule has 0 atom stereocenters. The number of halogens is 1. The smallest absolute Gasteiger partial charge is 0.257 e. The molecule has 0 saturated carbocycles. The summed E-state index contributed by atoms with van der Waals surface area (Å²) in [6.45, 7) is 0.462. The van der Waals surface area contributed by atoms with E-state index in [9.17, 15) is 9.18 Å². The summed E-state index contributed by atoms with van der Waals surface area (Å²) in [7, 11) is 0. The molecule has 1 N–H and O–H groups in total. The van der Waals surface area contributed by atoms with Crippen LogP contribution in [0.25, 0.3) is 11.5 Å². The number of aromatic nitrogens is 3. The Balaban J connectivity index is 1.70. The van der Waals surface area contributed by atoms with Crippen molar-refractivity contribution in [3.63, 3.8) is 0 Å². The van der Waals surface area contributed by atoms with Crippen molar-refractivity contribution in [3.8, 4) is 11.5 Å². The third-order valence-electron chi connectivity index (χ3n) is 3.91. The van der Waals surface area contributed by atoms with Crippen LogP contribution in [0.5, 0.6) is 0 Å². The predicted molar refractivity (Wildman–Crippen MR) is 98.3 cm³/mol. The summed E-state index contributed by atoms with van der Waals surface area (Å²) in [5.41, 5.74) is 1.12. The molecule has 0 bridgehead atoms. The first-order chi connectivity index (χ1) is 12.7. The molecule has 0 radical (unpaired) electrons. The van der Waals surface area contributed by atoms with Gasteiger partial charge in [-0.25, -0.2) is 9.07 Å². The summed E-state index contributed by atoms with van der Waals surface area (Å²) in [5, 5.41) is 9.25. The van der Waals surface area contributed by atoms with E-state index >= 15 is 0 Å². The summed E-state index contributed by atoms with van der Waals surface area (Å²) in [5.74, 6) is 0.0677. The maximum absolute atomic E-state index is 13.2. The largest absolute Gasteiger partial charge is 0.347 e. The Morgan fingerprint density at radius 3 is 2.58 bits per heavy atom. The number of carbonyl (C=O) groups excluding carboxylic acids is 1. The van der Waals surface area contributed by atoms with Gasteiger partial charge in [0.15, 0.2) is 5.82 Å². The van der Waals surface area contributed by atoms with Crippen LogP contribution < -0.4 is 5.32 Å². The molecule has 26 heavy (non-hydrogen) atoms. The molecule has 7 heteroatoms. The first-order valence-corrected chi connectivity index (χ1v) is 8.88. The summed E-state index contributed by atoms with van der Waals surface area (Å²) in [6, 6.07) is 13.7. The molecular weight excluding hydrogens is 351 g/mol. The maximum Gasteiger partial charge on any atom is 0.257 e. The van der Waals surface area contributed by atoms with Crippen molar-refractivity contribution in [2.75, 3.05) is 0 Å². The number of nitrogens with zero attached hydrogens (tertiary/aromatic N) is 3. The van der Waals surface area contributed by atoms with Crippen LogP contribution in [0.2, 0.25) is 0 Å². The molecule has 5 nitrogen and oxygen atoms in total. The van der Waals surface area contributed by atoms with Gasteiger partial charge in [-0.3, -0.25) is 4.79 Å². The summed E-state index contributed by atoms with van der Waals surface area (Å²) in [6.07, 6.45) is 5.21. The lowest BCUT2D eigenvalue weighted by Crippen LogP contribution is -2.23. The summed E-state index contributed by atoms with van der Waals surface area (Å²) >= 11 is 1.59. The standard InChI is InChI=1S/C19H15FN4OS/c20-14-5-7-15(8-6-14)24-19(23-9-1-2-10-23)17(13-22-24)18(25)21-12-16-4-3-11-26-16/h1-11,13H,12H2,(H,21,25). The molecule has 0 spiro atoms. The second kappa shape index (κ2) is 6.97. The molecule has 0 saturated heterocycles. The Labute approximate surface area is 153 Å². The normalized spacial score (nSPS) is 10.8. The fourth-order valence-electron chi connectivity index (χ4n) is 2.67. The Morgan fingerprint density at radius 1 is 1.12 bits per heavy atom. The molecule has 0 unspecified atom stereocenters. The SMILES string of the molecule is O=C(NCc1cccs1)c1cnn(-c2ccc(F)cc2)c1-n1cccc1. The lowest BCUT2D eigenvalue weighted by Gasteiger charge is -2.11. The van der Waals surface area contributed by atoms with Gasteiger partial charge >= 0.3 is 0 Å². The number of hydrogen-bond acceptors (Lipinski definition) is 3. The molecule has 0 aliphatic carbocycles. The highest BCUT2D eigenvalue weighted by atomic mass is 32.1. The average molecular weight is 366 g/mol. The predicted octanol–water partition coefficient (Wildman–Crippen LogP) is 3.79. The lowest BCUT2D eigenvalue weighted by molar-refractivity contribution is 0.0951. The van der Waals surface area contributed by atoms with Crippen molar-refractivity contribution < 1.29 is 9.18 Å². The molecule has 1 amide bonds. The summed E-state index contributed by atoms with van der Waals surface area (Å²) < 4.78 is 16.7. The fraction of sp³-hybridized carbons (Fsp3) is 0.0526. The van der Waals surface area contributed by atoms with Gasteiger partial charge in [0.25, 0.3) is 5.91 Å². The van der Waals surface area contributed by atoms with Gasteiger partial charge in [0, 0.05) is 17.3 Å². The summed E-state index contributed by atoms with van der Waals surface area (Å²) in [4.78, 5) is 13.8.